The third kappa shape index (κ3) is 3.12. The summed E-state index contributed by atoms with van der Waals surface area (Å²) >= 11 is 3.31. The molecule has 0 unspecified atom stereocenters. The van der Waals surface area contributed by atoms with Crippen LogP contribution in [0.4, 0.5) is 10.1 Å². The van der Waals surface area contributed by atoms with Crippen LogP contribution in [-0.4, -0.2) is 13.0 Å². The molecule has 2 rings (SSSR count). The van der Waals surface area contributed by atoms with E-state index in [4.69, 9.17) is 4.74 Å². The second-order valence-corrected chi connectivity index (χ2v) is 4.69. The molecule has 2 aromatic carbocycles. The highest BCUT2D eigenvalue weighted by molar-refractivity contribution is 9.10. The summed E-state index contributed by atoms with van der Waals surface area (Å²) in [6, 6.07) is 11.0. The molecule has 2 aromatic rings. The lowest BCUT2D eigenvalue weighted by atomic mass is 10.2. The van der Waals surface area contributed by atoms with E-state index in [0.29, 0.717) is 11.4 Å². The summed E-state index contributed by atoms with van der Waals surface area (Å²) in [4.78, 5) is 12.0. The monoisotopic (exact) mass is 323 g/mol. The van der Waals surface area contributed by atoms with E-state index in [2.05, 4.69) is 21.2 Å². The molecule has 0 spiro atoms. The summed E-state index contributed by atoms with van der Waals surface area (Å²) in [6.45, 7) is 0. The fraction of sp³-hybridized carbons (Fsp3) is 0.0714. The number of benzene rings is 2. The molecule has 0 saturated carbocycles. The molecular formula is C14H11BrFNO2. The van der Waals surface area contributed by atoms with Gasteiger partial charge >= 0.3 is 0 Å². The van der Waals surface area contributed by atoms with Gasteiger partial charge in [-0.25, -0.2) is 4.39 Å². The normalized spacial score (nSPS) is 10.1. The highest BCUT2D eigenvalue weighted by Gasteiger charge is 2.13. The van der Waals surface area contributed by atoms with E-state index in [1.165, 1.54) is 25.3 Å². The number of amides is 1. The van der Waals surface area contributed by atoms with Crippen LogP contribution >= 0.6 is 15.9 Å². The Morgan fingerprint density at radius 2 is 2.00 bits per heavy atom. The number of halogens is 2. The van der Waals surface area contributed by atoms with Gasteiger partial charge in [-0.2, -0.15) is 0 Å². The van der Waals surface area contributed by atoms with Gasteiger partial charge in [0.25, 0.3) is 5.91 Å². The summed E-state index contributed by atoms with van der Waals surface area (Å²) in [5.41, 5.74) is 0.467. The van der Waals surface area contributed by atoms with Crippen molar-refractivity contribution in [3.05, 3.63) is 58.3 Å². The van der Waals surface area contributed by atoms with E-state index < -0.39 is 11.7 Å². The highest BCUT2D eigenvalue weighted by atomic mass is 79.9. The number of hydrogen-bond acceptors (Lipinski definition) is 2. The average Bonchev–Trinajstić information content (AvgIpc) is 2.39. The Kier molecular flexibility index (Phi) is 4.16. The fourth-order valence-electron chi connectivity index (χ4n) is 1.61. The van der Waals surface area contributed by atoms with Crippen molar-refractivity contribution < 1.29 is 13.9 Å². The van der Waals surface area contributed by atoms with Crippen LogP contribution in [0.15, 0.2) is 46.9 Å². The largest absolute Gasteiger partial charge is 0.495 e. The van der Waals surface area contributed by atoms with Crippen LogP contribution in [0, 0.1) is 5.82 Å². The lowest BCUT2D eigenvalue weighted by Gasteiger charge is -2.10. The molecule has 19 heavy (non-hydrogen) atoms. The van der Waals surface area contributed by atoms with Gasteiger partial charge in [-0.05, 0) is 30.3 Å². The molecule has 1 amide bonds. The first-order valence-electron chi connectivity index (χ1n) is 5.51. The Morgan fingerprint density at radius 1 is 1.26 bits per heavy atom. The van der Waals surface area contributed by atoms with Gasteiger partial charge in [-0.1, -0.05) is 28.1 Å². The molecule has 98 valence electrons. The number of hydrogen-bond donors (Lipinski definition) is 1. The standard InChI is InChI=1S/C14H11BrFNO2/c1-19-13-7-6-9(15)8-12(13)17-14(18)10-4-2-3-5-11(10)16/h2-8H,1H3,(H,17,18). The Morgan fingerprint density at radius 3 is 2.68 bits per heavy atom. The van der Waals surface area contributed by atoms with Crippen LogP contribution < -0.4 is 10.1 Å². The molecule has 0 radical (unpaired) electrons. The zero-order valence-electron chi connectivity index (χ0n) is 10.1. The first-order valence-corrected chi connectivity index (χ1v) is 6.30. The van der Waals surface area contributed by atoms with Gasteiger partial charge in [0.1, 0.15) is 11.6 Å². The van der Waals surface area contributed by atoms with Gasteiger partial charge in [0, 0.05) is 4.47 Å². The van der Waals surface area contributed by atoms with Gasteiger partial charge in [0.15, 0.2) is 0 Å². The number of anilines is 1. The van der Waals surface area contributed by atoms with Crippen molar-refractivity contribution in [2.45, 2.75) is 0 Å². The Bertz CT molecular complexity index is 616. The molecule has 0 fully saturated rings. The summed E-state index contributed by atoms with van der Waals surface area (Å²) in [5.74, 6) is -0.573. The van der Waals surface area contributed by atoms with E-state index in [-0.39, 0.29) is 5.56 Å². The molecular weight excluding hydrogens is 313 g/mol. The van der Waals surface area contributed by atoms with E-state index in [9.17, 15) is 9.18 Å². The third-order valence-electron chi connectivity index (χ3n) is 2.53. The summed E-state index contributed by atoms with van der Waals surface area (Å²) < 4.78 is 19.4. The number of carbonyl (C=O) groups is 1. The van der Waals surface area contributed by atoms with Gasteiger partial charge < -0.3 is 10.1 Å². The number of rotatable bonds is 3. The van der Waals surface area contributed by atoms with E-state index in [0.717, 1.165) is 4.47 Å². The third-order valence-corrected chi connectivity index (χ3v) is 3.02. The molecule has 0 aliphatic rings. The molecule has 5 heteroatoms. The van der Waals surface area contributed by atoms with Crippen molar-refractivity contribution in [1.82, 2.24) is 0 Å². The second-order valence-electron chi connectivity index (χ2n) is 3.78. The number of methoxy groups -OCH3 is 1. The highest BCUT2D eigenvalue weighted by Crippen LogP contribution is 2.28. The Balaban J connectivity index is 2.29. The maximum Gasteiger partial charge on any atom is 0.258 e. The molecule has 0 heterocycles. The van der Waals surface area contributed by atoms with E-state index in [1.54, 1.807) is 24.3 Å². The van der Waals surface area contributed by atoms with E-state index >= 15 is 0 Å². The topological polar surface area (TPSA) is 38.3 Å². The zero-order chi connectivity index (χ0) is 13.8. The van der Waals surface area contributed by atoms with E-state index in [1.807, 2.05) is 0 Å². The minimum atomic E-state index is -0.561. The van der Waals surface area contributed by atoms with Crippen molar-refractivity contribution in [1.29, 1.82) is 0 Å². The maximum absolute atomic E-state index is 13.5. The predicted octanol–water partition coefficient (Wildman–Crippen LogP) is 3.85. The summed E-state index contributed by atoms with van der Waals surface area (Å²) in [7, 11) is 1.50. The Labute approximate surface area is 118 Å². The average molecular weight is 324 g/mol. The predicted molar refractivity (Wildman–Crippen MR) is 75.0 cm³/mol. The van der Waals surface area contributed by atoms with Gasteiger partial charge in [0.2, 0.25) is 0 Å². The molecule has 0 aromatic heterocycles. The van der Waals surface area contributed by atoms with Crippen LogP contribution in [0.25, 0.3) is 0 Å². The van der Waals surface area contributed by atoms with Crippen molar-refractivity contribution >= 4 is 27.5 Å². The molecule has 1 N–H and O–H groups in total. The second kappa shape index (κ2) is 5.84. The minimum absolute atomic E-state index is 0.00970. The molecule has 0 saturated heterocycles. The van der Waals surface area contributed by atoms with Crippen molar-refractivity contribution in [2.75, 3.05) is 12.4 Å². The minimum Gasteiger partial charge on any atom is -0.495 e. The SMILES string of the molecule is COc1ccc(Br)cc1NC(=O)c1ccccc1F. The van der Waals surface area contributed by atoms with Gasteiger partial charge in [0.05, 0.1) is 18.4 Å². The lowest BCUT2D eigenvalue weighted by molar-refractivity contribution is 0.102. The zero-order valence-corrected chi connectivity index (χ0v) is 11.7. The number of carbonyl (C=O) groups excluding carboxylic acids is 1. The molecule has 0 bridgehead atoms. The first kappa shape index (κ1) is 13.5. The van der Waals surface area contributed by atoms with Crippen LogP contribution in [0.3, 0.4) is 0 Å². The lowest BCUT2D eigenvalue weighted by Crippen LogP contribution is -2.14. The van der Waals surface area contributed by atoms with Gasteiger partial charge in [-0.3, -0.25) is 4.79 Å². The van der Waals surface area contributed by atoms with Crippen LogP contribution in [0.2, 0.25) is 0 Å². The quantitative estimate of drug-likeness (QED) is 0.931. The van der Waals surface area contributed by atoms with Crippen LogP contribution in [-0.2, 0) is 0 Å². The van der Waals surface area contributed by atoms with Crippen LogP contribution in [0.5, 0.6) is 5.75 Å². The maximum atomic E-state index is 13.5. The number of nitrogens with one attached hydrogen (secondary N) is 1. The molecule has 0 aliphatic heterocycles. The van der Waals surface area contributed by atoms with Crippen molar-refractivity contribution in [2.24, 2.45) is 0 Å². The summed E-state index contributed by atoms with van der Waals surface area (Å²) in [5, 5.41) is 2.63. The van der Waals surface area contributed by atoms with Crippen molar-refractivity contribution in [3.63, 3.8) is 0 Å². The molecule has 3 nitrogen and oxygen atoms in total. The fourth-order valence-corrected chi connectivity index (χ4v) is 1.97. The van der Waals surface area contributed by atoms with Crippen molar-refractivity contribution in [3.8, 4) is 5.75 Å². The molecule has 0 atom stereocenters. The molecule has 0 aliphatic carbocycles. The van der Waals surface area contributed by atoms with Gasteiger partial charge in [-0.15, -0.1) is 0 Å². The van der Waals surface area contributed by atoms with Crippen LogP contribution in [0.1, 0.15) is 10.4 Å². The first-order chi connectivity index (χ1) is 9.11. The smallest absolute Gasteiger partial charge is 0.258 e. The number of ether oxygens (including phenoxy) is 1. The Hall–Kier alpha value is -1.88. The summed E-state index contributed by atoms with van der Waals surface area (Å²) in [6.07, 6.45) is 0.